The first kappa shape index (κ1) is 12.2. The summed E-state index contributed by atoms with van der Waals surface area (Å²) in [6, 6.07) is 4.09. The van der Waals surface area contributed by atoms with Crippen LogP contribution < -0.4 is 5.32 Å². The van der Waals surface area contributed by atoms with Crippen molar-refractivity contribution in [1.29, 1.82) is 5.26 Å². The van der Waals surface area contributed by atoms with Crippen molar-refractivity contribution in [1.82, 2.24) is 9.97 Å². The molecule has 2 rings (SSSR count). The van der Waals surface area contributed by atoms with Gasteiger partial charge in [0, 0.05) is 17.5 Å². The molecule has 1 heterocycles. The summed E-state index contributed by atoms with van der Waals surface area (Å²) in [5.74, 6) is 1.72. The Bertz CT molecular complexity index is 415. The van der Waals surface area contributed by atoms with Gasteiger partial charge in [0.05, 0.1) is 0 Å². The highest BCUT2D eigenvalue weighted by molar-refractivity contribution is 7.99. The lowest BCUT2D eigenvalue weighted by atomic mass is 10.2. The van der Waals surface area contributed by atoms with Crippen molar-refractivity contribution in [3.8, 4) is 6.07 Å². The molecule has 0 amide bonds. The summed E-state index contributed by atoms with van der Waals surface area (Å²) in [6.07, 6.45) is 5.31. The summed E-state index contributed by atoms with van der Waals surface area (Å²) >= 11 is 1.99. The summed E-state index contributed by atoms with van der Waals surface area (Å²) in [5.41, 5.74) is 0.417. The Morgan fingerprint density at radius 3 is 3.24 bits per heavy atom. The first-order valence-corrected chi connectivity index (χ1v) is 6.99. The van der Waals surface area contributed by atoms with E-state index < -0.39 is 0 Å². The number of aromatic nitrogens is 2. The molecule has 4 nitrogen and oxygen atoms in total. The molecule has 1 aliphatic carbocycles. The second-order valence-corrected chi connectivity index (χ2v) is 5.57. The van der Waals surface area contributed by atoms with E-state index in [4.69, 9.17) is 5.26 Å². The summed E-state index contributed by atoms with van der Waals surface area (Å²) in [6.45, 7) is 2.19. The van der Waals surface area contributed by atoms with Gasteiger partial charge in [-0.15, -0.1) is 0 Å². The van der Waals surface area contributed by atoms with E-state index in [1.165, 1.54) is 12.8 Å². The van der Waals surface area contributed by atoms with Gasteiger partial charge < -0.3 is 5.32 Å². The maximum Gasteiger partial charge on any atom is 0.224 e. The molecule has 5 heteroatoms. The predicted molar refractivity (Wildman–Crippen MR) is 69.9 cm³/mol. The standard InChI is InChI=1S/C12H16N4S/c1-2-17-11-5-3-4-10(11)16-12-14-7-6-9(8-13)15-12/h6-7,10-11H,2-5H2,1H3,(H,14,15,16). The van der Waals surface area contributed by atoms with Crippen LogP contribution >= 0.6 is 11.8 Å². The number of nitriles is 1. The molecule has 1 aliphatic rings. The average molecular weight is 248 g/mol. The Balaban J connectivity index is 2.02. The Morgan fingerprint density at radius 2 is 2.47 bits per heavy atom. The van der Waals surface area contributed by atoms with Crippen molar-refractivity contribution in [2.24, 2.45) is 0 Å². The molecule has 0 aromatic carbocycles. The Labute approximate surface area is 106 Å². The molecule has 0 aliphatic heterocycles. The smallest absolute Gasteiger partial charge is 0.224 e. The van der Waals surface area contributed by atoms with Gasteiger partial charge in [-0.2, -0.15) is 17.0 Å². The molecule has 0 bridgehead atoms. The molecule has 1 aromatic heterocycles. The lowest BCUT2D eigenvalue weighted by molar-refractivity contribution is 0.755. The molecule has 0 saturated heterocycles. The van der Waals surface area contributed by atoms with Crippen LogP contribution in [0.5, 0.6) is 0 Å². The number of hydrogen-bond acceptors (Lipinski definition) is 5. The van der Waals surface area contributed by atoms with Crippen molar-refractivity contribution < 1.29 is 0 Å². The SMILES string of the molecule is CCSC1CCCC1Nc1nccc(C#N)n1. The quantitative estimate of drug-likeness (QED) is 0.886. The van der Waals surface area contributed by atoms with E-state index in [0.717, 1.165) is 12.2 Å². The molecule has 2 unspecified atom stereocenters. The van der Waals surface area contributed by atoms with Crippen molar-refractivity contribution in [3.63, 3.8) is 0 Å². The third-order valence-electron chi connectivity index (χ3n) is 2.92. The van der Waals surface area contributed by atoms with Gasteiger partial charge in [-0.3, -0.25) is 0 Å². The second-order valence-electron chi connectivity index (χ2n) is 4.05. The minimum atomic E-state index is 0.417. The van der Waals surface area contributed by atoms with Gasteiger partial charge in [0.25, 0.3) is 0 Å². The summed E-state index contributed by atoms with van der Waals surface area (Å²) in [4.78, 5) is 8.32. The van der Waals surface area contributed by atoms with Crippen LogP contribution in [-0.4, -0.2) is 27.0 Å². The van der Waals surface area contributed by atoms with Crippen LogP contribution in [0.3, 0.4) is 0 Å². The zero-order valence-electron chi connectivity index (χ0n) is 9.89. The van der Waals surface area contributed by atoms with Gasteiger partial charge in [-0.25, -0.2) is 9.97 Å². The fraction of sp³-hybridized carbons (Fsp3) is 0.583. The van der Waals surface area contributed by atoms with Crippen molar-refractivity contribution >= 4 is 17.7 Å². The number of rotatable bonds is 4. The largest absolute Gasteiger partial charge is 0.350 e. The zero-order valence-corrected chi connectivity index (χ0v) is 10.7. The number of hydrogen-bond donors (Lipinski definition) is 1. The predicted octanol–water partition coefficient (Wildman–Crippen LogP) is 2.43. The van der Waals surface area contributed by atoms with E-state index in [2.05, 4.69) is 22.2 Å². The highest BCUT2D eigenvalue weighted by Gasteiger charge is 2.27. The molecule has 1 saturated carbocycles. The lowest BCUT2D eigenvalue weighted by Gasteiger charge is -2.19. The minimum absolute atomic E-state index is 0.417. The Morgan fingerprint density at radius 1 is 1.59 bits per heavy atom. The first-order chi connectivity index (χ1) is 8.33. The molecular weight excluding hydrogens is 232 g/mol. The van der Waals surface area contributed by atoms with E-state index in [9.17, 15) is 0 Å². The molecular formula is C12H16N4S. The van der Waals surface area contributed by atoms with Crippen LogP contribution in [0.2, 0.25) is 0 Å². The Kier molecular flexibility index (Phi) is 4.21. The maximum absolute atomic E-state index is 8.79. The van der Waals surface area contributed by atoms with E-state index in [1.54, 1.807) is 12.3 Å². The number of nitrogens with zero attached hydrogens (tertiary/aromatic N) is 3. The highest BCUT2D eigenvalue weighted by atomic mass is 32.2. The van der Waals surface area contributed by atoms with E-state index >= 15 is 0 Å². The topological polar surface area (TPSA) is 61.6 Å². The molecule has 0 radical (unpaired) electrons. The zero-order chi connectivity index (χ0) is 12.1. The molecule has 0 spiro atoms. The van der Waals surface area contributed by atoms with Gasteiger partial charge in [-0.05, 0) is 24.7 Å². The van der Waals surface area contributed by atoms with Crippen LogP contribution in [0, 0.1) is 11.3 Å². The monoisotopic (exact) mass is 248 g/mol. The molecule has 1 aromatic rings. The van der Waals surface area contributed by atoms with Gasteiger partial charge in [0.2, 0.25) is 5.95 Å². The average Bonchev–Trinajstić information content (AvgIpc) is 2.78. The van der Waals surface area contributed by atoms with E-state index in [0.29, 0.717) is 22.9 Å². The van der Waals surface area contributed by atoms with Gasteiger partial charge in [0.15, 0.2) is 0 Å². The first-order valence-electron chi connectivity index (χ1n) is 5.94. The third-order valence-corrected chi connectivity index (χ3v) is 4.24. The minimum Gasteiger partial charge on any atom is -0.350 e. The van der Waals surface area contributed by atoms with Gasteiger partial charge in [0.1, 0.15) is 11.8 Å². The van der Waals surface area contributed by atoms with Crippen LogP contribution in [0.4, 0.5) is 5.95 Å². The van der Waals surface area contributed by atoms with Gasteiger partial charge >= 0.3 is 0 Å². The maximum atomic E-state index is 8.79. The summed E-state index contributed by atoms with van der Waals surface area (Å²) < 4.78 is 0. The highest BCUT2D eigenvalue weighted by Crippen LogP contribution is 2.31. The molecule has 90 valence electrons. The number of nitrogens with one attached hydrogen (secondary N) is 1. The van der Waals surface area contributed by atoms with Crippen LogP contribution in [0.1, 0.15) is 31.9 Å². The lowest BCUT2D eigenvalue weighted by Crippen LogP contribution is -2.27. The fourth-order valence-corrected chi connectivity index (χ4v) is 3.36. The molecule has 17 heavy (non-hydrogen) atoms. The number of anilines is 1. The molecule has 1 fully saturated rings. The van der Waals surface area contributed by atoms with E-state index in [1.807, 2.05) is 17.8 Å². The summed E-state index contributed by atoms with van der Waals surface area (Å²) in [5, 5.41) is 12.8. The van der Waals surface area contributed by atoms with Crippen molar-refractivity contribution in [2.75, 3.05) is 11.1 Å². The normalized spacial score (nSPS) is 23.3. The van der Waals surface area contributed by atoms with Crippen molar-refractivity contribution in [2.45, 2.75) is 37.5 Å². The van der Waals surface area contributed by atoms with Crippen LogP contribution in [-0.2, 0) is 0 Å². The Hall–Kier alpha value is -1.28. The van der Waals surface area contributed by atoms with Crippen LogP contribution in [0.15, 0.2) is 12.3 Å². The van der Waals surface area contributed by atoms with Crippen molar-refractivity contribution in [3.05, 3.63) is 18.0 Å². The second kappa shape index (κ2) is 5.87. The molecule has 2 atom stereocenters. The van der Waals surface area contributed by atoms with Crippen LogP contribution in [0.25, 0.3) is 0 Å². The number of thioether (sulfide) groups is 1. The van der Waals surface area contributed by atoms with E-state index in [-0.39, 0.29) is 0 Å². The summed E-state index contributed by atoms with van der Waals surface area (Å²) in [7, 11) is 0. The fourth-order valence-electron chi connectivity index (χ4n) is 2.16. The van der Waals surface area contributed by atoms with Gasteiger partial charge in [-0.1, -0.05) is 13.3 Å². The molecule has 1 N–H and O–H groups in total. The third kappa shape index (κ3) is 3.10.